The van der Waals surface area contributed by atoms with E-state index >= 15 is 0 Å². The largest absolute Gasteiger partial charge is 0.378 e. The van der Waals surface area contributed by atoms with Gasteiger partial charge in [0.2, 0.25) is 0 Å². The van der Waals surface area contributed by atoms with Crippen molar-refractivity contribution in [2.45, 2.75) is 52.6 Å². The normalized spacial score (nSPS) is 22.4. The maximum atomic E-state index is 5.80. The third kappa shape index (κ3) is 8.34. The summed E-state index contributed by atoms with van der Waals surface area (Å²) in [4.78, 5) is 10.0. The third-order valence-electron chi connectivity index (χ3n) is 5.84. The van der Waals surface area contributed by atoms with E-state index in [-0.39, 0.29) is 5.54 Å². The van der Waals surface area contributed by atoms with Crippen LogP contribution in [0.3, 0.4) is 0 Å². The Kier molecular flexibility index (Phi) is 8.97. The molecule has 2 saturated heterocycles. The highest BCUT2D eigenvalue weighted by Gasteiger charge is 2.26. The minimum atomic E-state index is 0.278. The average Bonchev–Trinajstić information content (AvgIpc) is 2.60. The van der Waals surface area contributed by atoms with Gasteiger partial charge in [-0.2, -0.15) is 0 Å². The molecule has 0 aromatic rings. The quantitative estimate of drug-likeness (QED) is 0.594. The maximum Gasteiger partial charge on any atom is 0.0992 e. The van der Waals surface area contributed by atoms with E-state index in [1.54, 1.807) is 0 Å². The fourth-order valence-electron chi connectivity index (χ4n) is 3.80. The first-order valence-corrected chi connectivity index (χ1v) is 10.8. The van der Waals surface area contributed by atoms with Crippen LogP contribution < -0.4 is 0 Å². The van der Waals surface area contributed by atoms with Gasteiger partial charge in [-0.15, -0.1) is 0 Å². The van der Waals surface area contributed by atoms with E-state index < -0.39 is 0 Å². The fourth-order valence-corrected chi connectivity index (χ4v) is 3.80. The molecule has 2 heterocycles. The first kappa shape index (κ1) is 23.0. The predicted molar refractivity (Wildman–Crippen MR) is 112 cm³/mol. The molecule has 0 N–H and O–H groups in total. The zero-order chi connectivity index (χ0) is 19.9. The molecule has 6 nitrogen and oxygen atoms in total. The lowest BCUT2D eigenvalue weighted by atomic mass is 10.1. The minimum absolute atomic E-state index is 0.278. The molecule has 0 atom stereocenters. The molecule has 2 aliphatic heterocycles. The van der Waals surface area contributed by atoms with Gasteiger partial charge in [-0.05, 0) is 41.5 Å². The van der Waals surface area contributed by atoms with Crippen molar-refractivity contribution in [2.75, 3.05) is 85.5 Å². The Morgan fingerprint density at radius 1 is 0.556 bits per heavy atom. The Morgan fingerprint density at radius 2 is 1.00 bits per heavy atom. The van der Waals surface area contributed by atoms with Crippen LogP contribution in [-0.2, 0) is 9.47 Å². The third-order valence-corrected chi connectivity index (χ3v) is 5.84. The zero-order valence-electron chi connectivity index (χ0n) is 18.8. The van der Waals surface area contributed by atoms with Crippen LogP contribution in [0, 0.1) is 0 Å². The van der Waals surface area contributed by atoms with Gasteiger partial charge in [-0.3, -0.25) is 19.6 Å². The van der Waals surface area contributed by atoms with Crippen LogP contribution >= 0.6 is 0 Å². The van der Waals surface area contributed by atoms with Crippen LogP contribution in [0.1, 0.15) is 41.5 Å². The van der Waals surface area contributed by atoms with E-state index in [4.69, 9.17) is 9.47 Å². The van der Waals surface area contributed by atoms with Crippen molar-refractivity contribution in [1.82, 2.24) is 19.6 Å². The number of hydrogen-bond donors (Lipinski definition) is 0. The Bertz CT molecular complexity index is 365. The topological polar surface area (TPSA) is 31.4 Å². The second kappa shape index (κ2) is 10.5. The summed E-state index contributed by atoms with van der Waals surface area (Å²) in [5.41, 5.74) is 0.569. The number of hydrogen-bond acceptors (Lipinski definition) is 6. The first-order chi connectivity index (χ1) is 12.7. The summed E-state index contributed by atoms with van der Waals surface area (Å²) < 4.78 is 11.6. The summed E-state index contributed by atoms with van der Waals surface area (Å²) in [5, 5.41) is 0. The molecule has 2 fully saturated rings. The highest BCUT2D eigenvalue weighted by molar-refractivity contribution is 4.82. The lowest BCUT2D eigenvalue weighted by molar-refractivity contribution is -0.0352. The molecule has 0 amide bonds. The van der Waals surface area contributed by atoms with Gasteiger partial charge in [0.05, 0.1) is 26.6 Å². The first-order valence-electron chi connectivity index (χ1n) is 10.8. The minimum Gasteiger partial charge on any atom is -0.378 e. The smallest absolute Gasteiger partial charge is 0.0992 e. The molecule has 27 heavy (non-hydrogen) atoms. The number of piperazine rings is 2. The van der Waals surface area contributed by atoms with Gasteiger partial charge in [0.25, 0.3) is 0 Å². The summed E-state index contributed by atoms with van der Waals surface area (Å²) in [6, 6.07) is 0. The predicted octanol–water partition coefficient (Wildman–Crippen LogP) is 1.81. The van der Waals surface area contributed by atoms with Crippen molar-refractivity contribution >= 4 is 0 Å². The van der Waals surface area contributed by atoms with Crippen molar-refractivity contribution in [3.8, 4) is 0 Å². The fraction of sp³-hybridized carbons (Fsp3) is 1.00. The highest BCUT2D eigenvalue weighted by Crippen LogP contribution is 2.16. The van der Waals surface area contributed by atoms with Crippen LogP contribution in [0.25, 0.3) is 0 Å². The SMILES string of the molecule is CC(C)(C)N1CCN(CCOCCOCN2CCN(C(C)(C)C)CC2)CC1. The summed E-state index contributed by atoms with van der Waals surface area (Å²) in [7, 11) is 0. The van der Waals surface area contributed by atoms with Crippen molar-refractivity contribution in [3.05, 3.63) is 0 Å². The molecular formula is C21H44N4O2. The molecule has 2 aliphatic rings. The van der Waals surface area contributed by atoms with Crippen molar-refractivity contribution in [2.24, 2.45) is 0 Å². The van der Waals surface area contributed by atoms with E-state index in [2.05, 4.69) is 61.1 Å². The molecule has 0 unspecified atom stereocenters. The van der Waals surface area contributed by atoms with Crippen molar-refractivity contribution in [3.63, 3.8) is 0 Å². The average molecular weight is 385 g/mol. The lowest BCUT2D eigenvalue weighted by Crippen LogP contribution is -2.53. The molecule has 0 spiro atoms. The van der Waals surface area contributed by atoms with Gasteiger partial charge in [0.15, 0.2) is 0 Å². The number of rotatable bonds is 8. The molecular weight excluding hydrogens is 340 g/mol. The van der Waals surface area contributed by atoms with Gasteiger partial charge in [-0.25, -0.2) is 0 Å². The maximum absolute atomic E-state index is 5.80. The summed E-state index contributed by atoms with van der Waals surface area (Å²) >= 11 is 0. The summed E-state index contributed by atoms with van der Waals surface area (Å²) in [6.07, 6.45) is 0. The molecule has 160 valence electrons. The molecule has 0 aromatic carbocycles. The van der Waals surface area contributed by atoms with Gasteiger partial charge in [0, 0.05) is 70.0 Å². The van der Waals surface area contributed by atoms with Crippen molar-refractivity contribution < 1.29 is 9.47 Å². The van der Waals surface area contributed by atoms with Gasteiger partial charge >= 0.3 is 0 Å². The molecule has 0 radical (unpaired) electrons. The summed E-state index contributed by atoms with van der Waals surface area (Å²) in [5.74, 6) is 0. The standard InChI is InChI=1S/C21H44N4O2/c1-20(2,3)24-11-7-22(8-12-24)15-16-26-17-18-27-19-23-9-13-25(14-10-23)21(4,5)6/h7-19H2,1-6H3. The Hall–Kier alpha value is -0.240. The lowest BCUT2D eigenvalue weighted by Gasteiger charge is -2.42. The molecule has 2 rings (SSSR count). The highest BCUT2D eigenvalue weighted by atomic mass is 16.5. The molecule has 0 aromatic heterocycles. The Labute approximate surface area is 167 Å². The van der Waals surface area contributed by atoms with Crippen molar-refractivity contribution in [1.29, 1.82) is 0 Å². The molecule has 0 bridgehead atoms. The van der Waals surface area contributed by atoms with Gasteiger partial charge in [0.1, 0.15) is 0 Å². The van der Waals surface area contributed by atoms with Crippen LogP contribution in [0.5, 0.6) is 0 Å². The second-order valence-electron chi connectivity index (χ2n) is 9.93. The summed E-state index contributed by atoms with van der Waals surface area (Å²) in [6.45, 7) is 26.8. The van der Waals surface area contributed by atoms with E-state index in [9.17, 15) is 0 Å². The molecule has 0 saturated carbocycles. The van der Waals surface area contributed by atoms with E-state index in [1.807, 2.05) is 0 Å². The molecule has 0 aliphatic carbocycles. The van der Waals surface area contributed by atoms with E-state index in [1.165, 1.54) is 0 Å². The van der Waals surface area contributed by atoms with Crippen LogP contribution in [0.4, 0.5) is 0 Å². The number of ether oxygens (including phenoxy) is 2. The van der Waals surface area contributed by atoms with Crippen LogP contribution in [0.2, 0.25) is 0 Å². The van der Waals surface area contributed by atoms with E-state index in [0.29, 0.717) is 18.8 Å². The van der Waals surface area contributed by atoms with Crippen LogP contribution in [0.15, 0.2) is 0 Å². The van der Waals surface area contributed by atoms with Gasteiger partial charge < -0.3 is 9.47 Å². The van der Waals surface area contributed by atoms with E-state index in [0.717, 1.165) is 72.2 Å². The second-order valence-corrected chi connectivity index (χ2v) is 9.93. The Morgan fingerprint density at radius 3 is 1.48 bits per heavy atom. The van der Waals surface area contributed by atoms with Gasteiger partial charge in [-0.1, -0.05) is 0 Å². The zero-order valence-corrected chi connectivity index (χ0v) is 18.8. The number of nitrogens with zero attached hydrogens (tertiary/aromatic N) is 4. The monoisotopic (exact) mass is 384 g/mol. The molecule has 6 heteroatoms. The Balaban J connectivity index is 1.43. The van der Waals surface area contributed by atoms with Crippen LogP contribution in [-0.4, -0.2) is 116 Å².